The van der Waals surface area contributed by atoms with E-state index in [9.17, 15) is 9.32 Å². The molecule has 8 nitrogen and oxygen atoms in total. The largest absolute Gasteiger partial charge is 0.394 e. The van der Waals surface area contributed by atoms with Gasteiger partial charge in [0.25, 0.3) is 0 Å². The molecular formula is C22H25ClN6O2S. The van der Waals surface area contributed by atoms with Crippen molar-refractivity contribution in [3.05, 3.63) is 28.9 Å². The van der Waals surface area contributed by atoms with Gasteiger partial charge in [-0.15, -0.1) is 0 Å². The first kappa shape index (κ1) is 19.6. The van der Waals surface area contributed by atoms with Gasteiger partial charge in [-0.25, -0.2) is 15.0 Å². The number of aliphatic hydroxyl groups excluding tert-OH is 1. The molecule has 2 N–H and O–H groups in total. The van der Waals surface area contributed by atoms with Crippen LogP contribution in [0, 0.1) is 5.92 Å². The number of aliphatic hydroxyl groups is 1. The van der Waals surface area contributed by atoms with E-state index in [4.69, 9.17) is 21.6 Å². The third kappa shape index (κ3) is 2.80. The van der Waals surface area contributed by atoms with Crippen molar-refractivity contribution in [3.8, 4) is 0 Å². The summed E-state index contributed by atoms with van der Waals surface area (Å²) in [6.45, 7) is 0.944. The van der Waals surface area contributed by atoms with E-state index in [0.717, 1.165) is 67.4 Å². The first-order chi connectivity index (χ1) is 15.5. The zero-order valence-electron chi connectivity index (χ0n) is 17.6. The summed E-state index contributed by atoms with van der Waals surface area (Å²) in [4.78, 5) is 21.9. The van der Waals surface area contributed by atoms with E-state index in [0.29, 0.717) is 34.6 Å². The lowest BCUT2D eigenvalue weighted by Gasteiger charge is -2.42. The number of halogens is 1. The van der Waals surface area contributed by atoms with E-state index in [-0.39, 0.29) is 17.4 Å². The second-order valence-electron chi connectivity index (χ2n) is 10.1. The van der Waals surface area contributed by atoms with Crippen LogP contribution < -0.4 is 10.2 Å². The van der Waals surface area contributed by atoms with Crippen LogP contribution in [0.4, 0.5) is 11.8 Å². The van der Waals surface area contributed by atoms with Crippen molar-refractivity contribution in [2.24, 2.45) is 5.92 Å². The van der Waals surface area contributed by atoms with E-state index in [1.54, 1.807) is 12.4 Å². The molecule has 2 aromatic heterocycles. The molecule has 6 atom stereocenters. The molecule has 4 heterocycles. The molecule has 1 saturated heterocycles. The van der Waals surface area contributed by atoms with Gasteiger partial charge in [0.1, 0.15) is 16.5 Å². The predicted octanol–water partition coefficient (Wildman–Crippen LogP) is 2.61. The lowest BCUT2D eigenvalue weighted by atomic mass is 9.77. The topological polar surface area (TPSA) is 104 Å². The second-order valence-corrected chi connectivity index (χ2v) is 12.1. The fraction of sp³-hybridized carbons (Fsp3) is 0.636. The summed E-state index contributed by atoms with van der Waals surface area (Å²) in [5.41, 5.74) is 0.630. The first-order valence-electron chi connectivity index (χ1n) is 11.5. The molecule has 0 aromatic carbocycles. The first-order valence-corrected chi connectivity index (χ1v) is 13.1. The summed E-state index contributed by atoms with van der Waals surface area (Å²) < 4.78 is 13.0. The molecule has 0 radical (unpaired) electrons. The fourth-order valence-corrected chi connectivity index (χ4v) is 8.07. The molecule has 0 spiro atoms. The third-order valence-electron chi connectivity index (χ3n) is 8.21. The Bertz CT molecular complexity index is 1120. The summed E-state index contributed by atoms with van der Waals surface area (Å²) in [7, 11) is -1.05. The number of rotatable bonds is 5. The van der Waals surface area contributed by atoms with Crippen molar-refractivity contribution in [1.82, 2.24) is 19.9 Å². The number of hydrogen-bond acceptors (Lipinski definition) is 8. The van der Waals surface area contributed by atoms with E-state index in [2.05, 4.69) is 20.2 Å². The van der Waals surface area contributed by atoms with Crippen LogP contribution in [0.2, 0.25) is 5.02 Å². The highest BCUT2D eigenvalue weighted by molar-refractivity contribution is 7.86. The number of nitrogens with one attached hydrogen (secondary N) is 1. The maximum absolute atomic E-state index is 13.0. The zero-order valence-corrected chi connectivity index (χ0v) is 19.1. The molecule has 2 aliphatic heterocycles. The molecule has 0 amide bonds. The second kappa shape index (κ2) is 6.84. The molecule has 10 heteroatoms. The van der Waals surface area contributed by atoms with Gasteiger partial charge in [-0.05, 0) is 44.4 Å². The molecule has 2 aromatic rings. The van der Waals surface area contributed by atoms with E-state index in [1.165, 1.54) is 0 Å². The monoisotopic (exact) mass is 472 g/mol. The highest BCUT2D eigenvalue weighted by atomic mass is 35.5. The number of aromatic nitrogens is 4. The highest BCUT2D eigenvalue weighted by Crippen LogP contribution is 2.56. The number of piperidine rings is 1. The van der Waals surface area contributed by atoms with Gasteiger partial charge in [0.15, 0.2) is 0 Å². The molecule has 3 aliphatic carbocycles. The molecular weight excluding hydrogens is 448 g/mol. The molecule has 7 rings (SSSR count). The summed E-state index contributed by atoms with van der Waals surface area (Å²) in [5, 5.41) is 14.3. The molecule has 32 heavy (non-hydrogen) atoms. The third-order valence-corrected chi connectivity index (χ3v) is 10.3. The van der Waals surface area contributed by atoms with Crippen LogP contribution in [0.25, 0.3) is 0 Å². The van der Waals surface area contributed by atoms with Gasteiger partial charge in [0.2, 0.25) is 5.95 Å². The Morgan fingerprint density at radius 2 is 2.00 bits per heavy atom. The Morgan fingerprint density at radius 1 is 1.19 bits per heavy atom. The average molecular weight is 473 g/mol. The summed E-state index contributed by atoms with van der Waals surface area (Å²) in [6, 6.07) is 0.354. The number of anilines is 2. The number of fused-ring (bicyclic) bond motifs is 5. The molecule has 3 saturated carbocycles. The summed E-state index contributed by atoms with van der Waals surface area (Å²) in [5.74, 6) is 3.41. The quantitative estimate of drug-likeness (QED) is 0.684. The van der Waals surface area contributed by atoms with Crippen molar-refractivity contribution in [2.75, 3.05) is 23.4 Å². The van der Waals surface area contributed by atoms with Crippen LogP contribution in [0.1, 0.15) is 61.9 Å². The average Bonchev–Trinajstić information content (AvgIpc) is 3.19. The van der Waals surface area contributed by atoms with Crippen molar-refractivity contribution < 1.29 is 9.32 Å². The van der Waals surface area contributed by atoms with Crippen LogP contribution in [-0.4, -0.2) is 59.2 Å². The predicted molar refractivity (Wildman–Crippen MR) is 121 cm³/mol. The van der Waals surface area contributed by atoms with Gasteiger partial charge in [-0.3, -0.25) is 4.21 Å². The summed E-state index contributed by atoms with van der Waals surface area (Å²) in [6.07, 6.45) is 9.29. The van der Waals surface area contributed by atoms with Crippen LogP contribution >= 0.6 is 11.6 Å². The van der Waals surface area contributed by atoms with Crippen LogP contribution in [-0.2, 0) is 10.8 Å². The number of hydrogen-bond donors (Lipinski definition) is 2. The maximum Gasteiger partial charge on any atom is 0.227 e. The standard InChI is InChI=1S/C22H25ClN6O2S/c23-12-7-24-19(25-8-12)14-5-13-4-11(14)9-29(13)21-26-17-15-6-16(15)32(31)18(17)20(27-21)28-22(10-30)2-1-3-22/h7-8,11,13-16,30H,1-6,9-10H2,(H,26,27,28). The molecule has 168 valence electrons. The highest BCUT2D eigenvalue weighted by Gasteiger charge is 2.55. The fourth-order valence-electron chi connectivity index (χ4n) is 6.17. The van der Waals surface area contributed by atoms with Gasteiger partial charge < -0.3 is 15.3 Å². The van der Waals surface area contributed by atoms with Crippen LogP contribution in [0.5, 0.6) is 0 Å². The Morgan fingerprint density at radius 3 is 2.66 bits per heavy atom. The van der Waals surface area contributed by atoms with E-state index >= 15 is 0 Å². The van der Waals surface area contributed by atoms with Gasteiger partial charge >= 0.3 is 0 Å². The Hall–Kier alpha value is -1.84. The maximum atomic E-state index is 13.0. The van der Waals surface area contributed by atoms with Gasteiger partial charge in [-0.2, -0.15) is 4.98 Å². The van der Waals surface area contributed by atoms with E-state index in [1.807, 2.05) is 0 Å². The minimum Gasteiger partial charge on any atom is -0.394 e. The summed E-state index contributed by atoms with van der Waals surface area (Å²) >= 11 is 5.97. The van der Waals surface area contributed by atoms with Crippen LogP contribution in [0.15, 0.2) is 17.3 Å². The SMILES string of the molecule is O=S1c2c(NC3(CO)CCC3)nc(N3CC4CC3CC4c3ncc(Cl)cn3)nc2C2CC21. The molecule has 2 bridgehead atoms. The van der Waals surface area contributed by atoms with Crippen molar-refractivity contribution in [1.29, 1.82) is 0 Å². The lowest BCUT2D eigenvalue weighted by Crippen LogP contribution is -2.49. The minimum absolute atomic E-state index is 0.0672. The van der Waals surface area contributed by atoms with Crippen molar-refractivity contribution >= 4 is 34.2 Å². The van der Waals surface area contributed by atoms with Crippen molar-refractivity contribution in [2.45, 2.75) is 72.1 Å². The van der Waals surface area contributed by atoms with Gasteiger partial charge in [0.05, 0.1) is 33.7 Å². The zero-order chi connectivity index (χ0) is 21.6. The molecule has 5 aliphatic rings. The molecule has 6 unspecified atom stereocenters. The van der Waals surface area contributed by atoms with Crippen molar-refractivity contribution in [3.63, 3.8) is 0 Å². The Kier molecular flexibility index (Phi) is 4.19. The normalized spacial score (nSPS) is 35.4. The van der Waals surface area contributed by atoms with Gasteiger partial charge in [0, 0.05) is 42.1 Å². The lowest BCUT2D eigenvalue weighted by molar-refractivity contribution is 0.143. The molecule has 4 fully saturated rings. The van der Waals surface area contributed by atoms with E-state index < -0.39 is 10.8 Å². The minimum atomic E-state index is -1.05. The Balaban J connectivity index is 1.20. The van der Waals surface area contributed by atoms with Crippen LogP contribution in [0.3, 0.4) is 0 Å². The Labute approximate surface area is 193 Å². The number of nitrogens with zero attached hydrogens (tertiary/aromatic N) is 5. The smallest absolute Gasteiger partial charge is 0.227 e. The van der Waals surface area contributed by atoms with Gasteiger partial charge in [-0.1, -0.05) is 11.6 Å².